The molecule has 1 aliphatic heterocycles. The van der Waals surface area contributed by atoms with Crippen molar-refractivity contribution < 1.29 is 9.59 Å². The third-order valence-corrected chi connectivity index (χ3v) is 6.04. The third-order valence-electron chi connectivity index (χ3n) is 3.70. The van der Waals surface area contributed by atoms with E-state index < -0.39 is 27.4 Å². The van der Waals surface area contributed by atoms with Gasteiger partial charge in [-0.2, -0.15) is 9.69 Å². The standard InChI is InChI=1S/C16H6Cl2IN3O3S/c17-11-12(18)16(25)22(15(11)24)21-13(10-2-1-5-26-10)20-9-4-3-7(19)6-8(9)14(21)23/h1-6H. The number of rotatable bonds is 2. The SMILES string of the molecule is O=C1C(Cl)=C(Cl)C(=O)N1n1c(-c2cccs2)nc2ccc(I)cc2c1=O. The van der Waals surface area contributed by atoms with Crippen LogP contribution in [-0.2, 0) is 9.59 Å². The van der Waals surface area contributed by atoms with Crippen molar-refractivity contribution in [1.29, 1.82) is 0 Å². The zero-order chi connectivity index (χ0) is 18.6. The van der Waals surface area contributed by atoms with E-state index in [1.165, 1.54) is 11.3 Å². The van der Waals surface area contributed by atoms with Crippen LogP contribution in [0, 0.1) is 3.57 Å². The number of aromatic nitrogens is 2. The fourth-order valence-corrected chi connectivity index (χ4v) is 4.06. The Morgan fingerprint density at radius 1 is 1.04 bits per heavy atom. The number of amides is 2. The number of fused-ring (bicyclic) bond motifs is 1. The first-order valence-corrected chi connectivity index (χ1v) is 9.82. The monoisotopic (exact) mass is 517 g/mol. The number of imide groups is 1. The molecular weight excluding hydrogens is 512 g/mol. The normalized spacial score (nSPS) is 14.8. The van der Waals surface area contributed by atoms with E-state index in [2.05, 4.69) is 27.6 Å². The molecular formula is C16H6Cl2IN3O3S. The predicted molar refractivity (Wildman–Crippen MR) is 109 cm³/mol. The van der Waals surface area contributed by atoms with Gasteiger partial charge < -0.3 is 0 Å². The average Bonchev–Trinajstić information content (AvgIpc) is 3.22. The lowest BCUT2D eigenvalue weighted by Crippen LogP contribution is -2.48. The van der Waals surface area contributed by atoms with E-state index in [1.54, 1.807) is 29.6 Å². The summed E-state index contributed by atoms with van der Waals surface area (Å²) in [6, 6.07) is 8.69. The first kappa shape index (κ1) is 17.7. The van der Waals surface area contributed by atoms with Gasteiger partial charge in [0.25, 0.3) is 17.4 Å². The van der Waals surface area contributed by atoms with Crippen LogP contribution in [0.1, 0.15) is 0 Å². The number of halogens is 3. The highest BCUT2D eigenvalue weighted by molar-refractivity contribution is 14.1. The molecule has 6 nitrogen and oxygen atoms in total. The maximum Gasteiger partial charge on any atom is 0.293 e. The summed E-state index contributed by atoms with van der Waals surface area (Å²) in [4.78, 5) is 43.2. The second-order valence-corrected chi connectivity index (χ2v) is 8.19. The summed E-state index contributed by atoms with van der Waals surface area (Å²) in [5.41, 5.74) is -0.103. The zero-order valence-corrected chi connectivity index (χ0v) is 17.1. The molecule has 0 spiro atoms. The number of hydrogen-bond donors (Lipinski definition) is 0. The molecule has 0 atom stereocenters. The van der Waals surface area contributed by atoms with Gasteiger partial charge in [-0.15, -0.1) is 11.3 Å². The Balaban J connectivity index is 2.09. The van der Waals surface area contributed by atoms with Crippen LogP contribution < -0.4 is 10.6 Å². The lowest BCUT2D eigenvalue weighted by atomic mass is 10.2. The van der Waals surface area contributed by atoms with Gasteiger partial charge in [-0.3, -0.25) is 14.4 Å². The van der Waals surface area contributed by atoms with Crippen LogP contribution in [-0.4, -0.2) is 21.5 Å². The van der Waals surface area contributed by atoms with Gasteiger partial charge in [0.15, 0.2) is 5.82 Å². The molecule has 2 amide bonds. The molecule has 130 valence electrons. The van der Waals surface area contributed by atoms with Crippen LogP contribution in [0.3, 0.4) is 0 Å². The number of hydrogen-bond acceptors (Lipinski definition) is 5. The highest BCUT2D eigenvalue weighted by atomic mass is 127. The summed E-state index contributed by atoms with van der Waals surface area (Å²) in [7, 11) is 0. The number of carbonyl (C=O) groups is 2. The summed E-state index contributed by atoms with van der Waals surface area (Å²) in [5, 5.41) is 1.85. The van der Waals surface area contributed by atoms with Crippen molar-refractivity contribution in [1.82, 2.24) is 9.66 Å². The molecule has 0 N–H and O–H groups in total. The molecule has 0 unspecified atom stereocenters. The maximum absolute atomic E-state index is 13.2. The van der Waals surface area contributed by atoms with Crippen LogP contribution in [0.4, 0.5) is 0 Å². The van der Waals surface area contributed by atoms with Gasteiger partial charge in [0, 0.05) is 3.57 Å². The van der Waals surface area contributed by atoms with Crippen molar-refractivity contribution in [2.45, 2.75) is 0 Å². The van der Waals surface area contributed by atoms with Gasteiger partial charge in [-0.1, -0.05) is 29.3 Å². The Bertz CT molecular complexity index is 1160. The molecule has 0 aliphatic carbocycles. The fraction of sp³-hybridized carbons (Fsp3) is 0. The number of benzene rings is 1. The second-order valence-electron chi connectivity index (χ2n) is 5.24. The molecule has 2 aromatic heterocycles. The Labute approximate surface area is 173 Å². The zero-order valence-electron chi connectivity index (χ0n) is 12.6. The minimum absolute atomic E-state index is 0.163. The van der Waals surface area contributed by atoms with E-state index in [0.717, 1.165) is 8.25 Å². The first-order valence-electron chi connectivity index (χ1n) is 7.10. The molecule has 0 bridgehead atoms. The molecule has 0 saturated heterocycles. The molecule has 0 saturated carbocycles. The summed E-state index contributed by atoms with van der Waals surface area (Å²) in [6.45, 7) is 0. The minimum atomic E-state index is -0.867. The van der Waals surface area contributed by atoms with Gasteiger partial charge in [-0.05, 0) is 52.2 Å². The van der Waals surface area contributed by atoms with E-state index in [9.17, 15) is 14.4 Å². The molecule has 3 aromatic rings. The van der Waals surface area contributed by atoms with E-state index in [-0.39, 0.29) is 11.2 Å². The Morgan fingerprint density at radius 3 is 2.35 bits per heavy atom. The number of thiophene rings is 1. The van der Waals surface area contributed by atoms with Crippen LogP contribution in [0.5, 0.6) is 0 Å². The van der Waals surface area contributed by atoms with Crippen molar-refractivity contribution in [3.8, 4) is 10.7 Å². The molecule has 0 fully saturated rings. The molecule has 4 rings (SSSR count). The fourth-order valence-electron chi connectivity index (χ4n) is 2.55. The Hall–Kier alpha value is -1.75. The Morgan fingerprint density at radius 2 is 1.73 bits per heavy atom. The van der Waals surface area contributed by atoms with E-state index in [0.29, 0.717) is 15.4 Å². The second kappa shape index (κ2) is 6.45. The van der Waals surface area contributed by atoms with Crippen LogP contribution in [0.25, 0.3) is 21.6 Å². The van der Waals surface area contributed by atoms with Crippen molar-refractivity contribution in [2.24, 2.45) is 0 Å². The lowest BCUT2D eigenvalue weighted by molar-refractivity contribution is -0.122. The van der Waals surface area contributed by atoms with Crippen molar-refractivity contribution in [3.63, 3.8) is 0 Å². The van der Waals surface area contributed by atoms with Gasteiger partial charge >= 0.3 is 0 Å². The largest absolute Gasteiger partial charge is 0.293 e. The number of carbonyl (C=O) groups excluding carboxylic acids is 2. The topological polar surface area (TPSA) is 72.3 Å². The summed E-state index contributed by atoms with van der Waals surface area (Å²) in [5.74, 6) is -1.57. The maximum atomic E-state index is 13.2. The van der Waals surface area contributed by atoms with E-state index in [4.69, 9.17) is 23.2 Å². The van der Waals surface area contributed by atoms with Crippen molar-refractivity contribution in [3.05, 3.63) is 59.7 Å². The molecule has 3 heterocycles. The highest BCUT2D eigenvalue weighted by Gasteiger charge is 2.40. The van der Waals surface area contributed by atoms with Crippen molar-refractivity contribution in [2.75, 3.05) is 5.01 Å². The molecule has 1 aliphatic rings. The van der Waals surface area contributed by atoms with Gasteiger partial charge in [0.2, 0.25) is 0 Å². The first-order chi connectivity index (χ1) is 12.4. The average molecular weight is 518 g/mol. The summed E-state index contributed by atoms with van der Waals surface area (Å²) in [6.07, 6.45) is 0. The van der Waals surface area contributed by atoms with Gasteiger partial charge in [0.05, 0.1) is 15.8 Å². The van der Waals surface area contributed by atoms with E-state index >= 15 is 0 Å². The van der Waals surface area contributed by atoms with Crippen LogP contribution in [0.15, 0.2) is 50.6 Å². The van der Waals surface area contributed by atoms with Gasteiger partial charge in [-0.25, -0.2) is 4.98 Å². The smallest absolute Gasteiger partial charge is 0.267 e. The van der Waals surface area contributed by atoms with Crippen LogP contribution in [0.2, 0.25) is 0 Å². The molecule has 26 heavy (non-hydrogen) atoms. The van der Waals surface area contributed by atoms with Crippen molar-refractivity contribution >= 4 is 79.8 Å². The molecule has 1 aromatic carbocycles. The predicted octanol–water partition coefficient (Wildman–Crippen LogP) is 3.42. The minimum Gasteiger partial charge on any atom is -0.267 e. The number of nitrogens with zero attached hydrogens (tertiary/aromatic N) is 3. The third kappa shape index (κ3) is 2.59. The van der Waals surface area contributed by atoms with Crippen LogP contribution >= 0.6 is 57.1 Å². The molecule has 10 heteroatoms. The Kier molecular flexibility index (Phi) is 4.38. The summed E-state index contributed by atoms with van der Waals surface area (Å²) < 4.78 is 1.75. The highest BCUT2D eigenvalue weighted by Crippen LogP contribution is 2.29. The molecule has 0 radical (unpaired) electrons. The van der Waals surface area contributed by atoms with Gasteiger partial charge in [0.1, 0.15) is 10.1 Å². The lowest BCUT2D eigenvalue weighted by Gasteiger charge is -2.20. The summed E-state index contributed by atoms with van der Waals surface area (Å²) >= 11 is 15.0. The quantitative estimate of drug-likeness (QED) is 0.385. The van der Waals surface area contributed by atoms with E-state index in [1.807, 2.05) is 6.07 Å².